The molecule has 3 aromatic rings. The van der Waals surface area contributed by atoms with E-state index in [1.807, 2.05) is 4.90 Å². The van der Waals surface area contributed by atoms with Gasteiger partial charge in [0.15, 0.2) is 12.2 Å². The van der Waals surface area contributed by atoms with Crippen molar-refractivity contribution in [3.05, 3.63) is 60.9 Å². The van der Waals surface area contributed by atoms with E-state index in [1.54, 1.807) is 32.0 Å². The maximum Gasteiger partial charge on any atom is 0.313 e. The van der Waals surface area contributed by atoms with Crippen LogP contribution in [0, 0.1) is 5.82 Å². The van der Waals surface area contributed by atoms with Crippen molar-refractivity contribution in [2.45, 2.75) is 24.3 Å². The van der Waals surface area contributed by atoms with Crippen LogP contribution in [-0.2, 0) is 19.6 Å². The molecule has 2 heterocycles. The van der Waals surface area contributed by atoms with Gasteiger partial charge in [0, 0.05) is 50.0 Å². The predicted octanol–water partition coefficient (Wildman–Crippen LogP) is 2.33. The van der Waals surface area contributed by atoms with Crippen LogP contribution in [0.2, 0.25) is 0 Å². The number of nitrogens with one attached hydrogen (secondary N) is 2. The Bertz CT molecular complexity index is 1440. The summed E-state index contributed by atoms with van der Waals surface area (Å²) in [6, 6.07) is 10.2. The molecule has 4 rings (SSSR count). The molecule has 39 heavy (non-hydrogen) atoms. The SMILES string of the molecule is COc1cc(NC(=O)C(=O)NC(C)(C)CN2CCN(S(=O)(=O)c3ccccc3F)CC2)ccc1-c1cnco1. The number of aromatic nitrogens is 1. The van der Waals surface area contributed by atoms with Gasteiger partial charge in [-0.1, -0.05) is 12.1 Å². The zero-order chi connectivity index (χ0) is 28.2. The number of hydrogen-bond acceptors (Lipinski definition) is 8. The fourth-order valence-corrected chi connectivity index (χ4v) is 5.88. The Labute approximate surface area is 226 Å². The molecule has 11 nitrogen and oxygen atoms in total. The Hall–Kier alpha value is -3.81. The minimum absolute atomic E-state index is 0.174. The second-order valence-electron chi connectivity index (χ2n) is 9.68. The van der Waals surface area contributed by atoms with Crippen LogP contribution in [0.3, 0.4) is 0 Å². The summed E-state index contributed by atoms with van der Waals surface area (Å²) in [6.07, 6.45) is 2.83. The lowest BCUT2D eigenvalue weighted by atomic mass is 10.0. The van der Waals surface area contributed by atoms with Gasteiger partial charge in [0.05, 0.1) is 18.9 Å². The molecule has 0 spiro atoms. The molecule has 2 aromatic carbocycles. The van der Waals surface area contributed by atoms with Crippen LogP contribution in [-0.4, -0.2) is 79.8 Å². The minimum Gasteiger partial charge on any atom is -0.496 e. The van der Waals surface area contributed by atoms with E-state index in [4.69, 9.17) is 9.15 Å². The average molecular weight is 560 g/mol. The predicted molar refractivity (Wildman–Crippen MR) is 141 cm³/mol. The molecule has 1 fully saturated rings. The highest BCUT2D eigenvalue weighted by Crippen LogP contribution is 2.32. The number of piperazine rings is 1. The van der Waals surface area contributed by atoms with E-state index in [9.17, 15) is 22.4 Å². The first-order valence-corrected chi connectivity index (χ1v) is 13.6. The number of methoxy groups -OCH3 is 1. The molecule has 1 aliphatic rings. The topological polar surface area (TPSA) is 134 Å². The van der Waals surface area contributed by atoms with E-state index < -0.39 is 33.2 Å². The molecule has 13 heteroatoms. The molecular formula is C26H30FN5O6S. The van der Waals surface area contributed by atoms with Crippen molar-refractivity contribution in [2.75, 3.05) is 45.2 Å². The molecular weight excluding hydrogens is 529 g/mol. The summed E-state index contributed by atoms with van der Waals surface area (Å²) >= 11 is 0. The van der Waals surface area contributed by atoms with Gasteiger partial charge >= 0.3 is 11.8 Å². The molecule has 0 bridgehead atoms. The summed E-state index contributed by atoms with van der Waals surface area (Å²) in [7, 11) is -2.47. The Morgan fingerprint density at radius 1 is 1.10 bits per heavy atom. The lowest BCUT2D eigenvalue weighted by Gasteiger charge is -2.38. The van der Waals surface area contributed by atoms with E-state index in [1.165, 1.54) is 42.2 Å². The lowest BCUT2D eigenvalue weighted by molar-refractivity contribution is -0.137. The average Bonchev–Trinajstić information content (AvgIpc) is 3.43. The van der Waals surface area contributed by atoms with Gasteiger partial charge in [-0.2, -0.15) is 4.31 Å². The van der Waals surface area contributed by atoms with Crippen molar-refractivity contribution in [3.63, 3.8) is 0 Å². The first-order chi connectivity index (χ1) is 18.5. The normalized spacial score (nSPS) is 15.1. The van der Waals surface area contributed by atoms with Gasteiger partial charge in [-0.25, -0.2) is 17.8 Å². The number of halogens is 1. The zero-order valence-electron chi connectivity index (χ0n) is 21.8. The number of rotatable bonds is 8. The number of benzene rings is 2. The molecule has 0 radical (unpaired) electrons. The number of anilines is 1. The van der Waals surface area contributed by atoms with Crippen LogP contribution < -0.4 is 15.4 Å². The van der Waals surface area contributed by atoms with Crippen molar-refractivity contribution in [3.8, 4) is 17.1 Å². The fourth-order valence-electron chi connectivity index (χ4n) is 4.39. The maximum absolute atomic E-state index is 14.1. The minimum atomic E-state index is -3.95. The van der Waals surface area contributed by atoms with Gasteiger partial charge in [-0.3, -0.25) is 14.5 Å². The fraction of sp³-hybridized carbons (Fsp3) is 0.346. The summed E-state index contributed by atoms with van der Waals surface area (Å²) in [6.45, 7) is 5.04. The standard InChI is InChI=1S/C26H30FN5O6S/c1-26(2,16-31-10-12-32(13-11-31)39(35,36)23-7-5-4-6-20(23)27)30-25(34)24(33)29-18-8-9-19(21(14-18)37-3)22-15-28-17-38-22/h4-9,14-15,17H,10-13,16H2,1-3H3,(H,29,33)(H,30,34). The lowest BCUT2D eigenvalue weighted by Crippen LogP contribution is -2.57. The molecule has 1 aliphatic heterocycles. The molecule has 2 N–H and O–H groups in total. The van der Waals surface area contributed by atoms with Crippen LogP contribution in [0.4, 0.5) is 10.1 Å². The van der Waals surface area contributed by atoms with Crippen LogP contribution in [0.25, 0.3) is 11.3 Å². The van der Waals surface area contributed by atoms with Crippen molar-refractivity contribution < 1.29 is 31.6 Å². The maximum atomic E-state index is 14.1. The molecule has 0 unspecified atom stereocenters. The van der Waals surface area contributed by atoms with Crippen molar-refractivity contribution >= 4 is 27.5 Å². The van der Waals surface area contributed by atoms with E-state index >= 15 is 0 Å². The summed E-state index contributed by atoms with van der Waals surface area (Å²) in [5, 5.41) is 5.29. The third-order valence-electron chi connectivity index (χ3n) is 6.22. The molecule has 2 amide bonds. The molecule has 1 aromatic heterocycles. The second kappa shape index (κ2) is 11.5. The summed E-state index contributed by atoms with van der Waals surface area (Å²) in [5.41, 5.74) is 0.204. The smallest absolute Gasteiger partial charge is 0.313 e. The van der Waals surface area contributed by atoms with Crippen LogP contribution in [0.15, 0.2) is 64.4 Å². The quantitative estimate of drug-likeness (QED) is 0.402. The van der Waals surface area contributed by atoms with E-state index in [0.717, 1.165) is 6.07 Å². The van der Waals surface area contributed by atoms with E-state index in [0.29, 0.717) is 42.4 Å². The summed E-state index contributed by atoms with van der Waals surface area (Å²) in [4.78, 5) is 30.8. The van der Waals surface area contributed by atoms with E-state index in [-0.39, 0.29) is 18.0 Å². The first-order valence-electron chi connectivity index (χ1n) is 12.2. The molecule has 208 valence electrons. The molecule has 0 atom stereocenters. The number of hydrogen-bond donors (Lipinski definition) is 2. The first kappa shape index (κ1) is 28.2. The van der Waals surface area contributed by atoms with Gasteiger partial charge < -0.3 is 19.8 Å². The summed E-state index contributed by atoms with van der Waals surface area (Å²) in [5.74, 6) is -1.53. The summed E-state index contributed by atoms with van der Waals surface area (Å²) < 4.78 is 51.7. The van der Waals surface area contributed by atoms with Crippen LogP contribution >= 0.6 is 0 Å². The number of ether oxygens (including phenoxy) is 1. The van der Waals surface area contributed by atoms with Crippen molar-refractivity contribution in [1.82, 2.24) is 19.5 Å². The number of carbonyl (C=O) groups is 2. The Morgan fingerprint density at radius 2 is 1.82 bits per heavy atom. The highest BCUT2D eigenvalue weighted by molar-refractivity contribution is 7.89. The van der Waals surface area contributed by atoms with Crippen LogP contribution in [0.1, 0.15) is 13.8 Å². The van der Waals surface area contributed by atoms with E-state index in [2.05, 4.69) is 15.6 Å². The monoisotopic (exact) mass is 559 g/mol. The Balaban J connectivity index is 1.31. The number of sulfonamides is 1. The van der Waals surface area contributed by atoms with Gasteiger partial charge in [-0.15, -0.1) is 0 Å². The largest absolute Gasteiger partial charge is 0.496 e. The van der Waals surface area contributed by atoms with Gasteiger partial charge in [-0.05, 0) is 38.1 Å². The number of oxazole rings is 1. The Kier molecular flexibility index (Phi) is 8.33. The number of amides is 2. The Morgan fingerprint density at radius 3 is 2.46 bits per heavy atom. The highest BCUT2D eigenvalue weighted by Gasteiger charge is 2.33. The zero-order valence-corrected chi connectivity index (χ0v) is 22.6. The molecule has 1 saturated heterocycles. The number of carbonyl (C=O) groups excluding carboxylic acids is 2. The van der Waals surface area contributed by atoms with Crippen LogP contribution in [0.5, 0.6) is 5.75 Å². The highest BCUT2D eigenvalue weighted by atomic mass is 32.2. The third kappa shape index (κ3) is 6.61. The number of nitrogens with zero attached hydrogens (tertiary/aromatic N) is 3. The van der Waals surface area contributed by atoms with Gasteiger partial charge in [0.25, 0.3) is 0 Å². The molecule has 0 aliphatic carbocycles. The van der Waals surface area contributed by atoms with Gasteiger partial charge in [0.2, 0.25) is 10.0 Å². The second-order valence-corrected chi connectivity index (χ2v) is 11.6. The molecule has 0 saturated carbocycles. The van der Waals surface area contributed by atoms with Gasteiger partial charge in [0.1, 0.15) is 16.5 Å². The third-order valence-corrected chi connectivity index (χ3v) is 8.15. The van der Waals surface area contributed by atoms with Crippen molar-refractivity contribution in [1.29, 1.82) is 0 Å². The van der Waals surface area contributed by atoms with Crippen molar-refractivity contribution in [2.24, 2.45) is 0 Å².